The second kappa shape index (κ2) is 7.52. The van der Waals surface area contributed by atoms with Gasteiger partial charge in [0.1, 0.15) is 11.8 Å². The van der Waals surface area contributed by atoms with Crippen LogP contribution in [-0.4, -0.2) is 62.1 Å². The zero-order valence-electron chi connectivity index (χ0n) is 14.4. The van der Waals surface area contributed by atoms with E-state index in [1.165, 1.54) is 0 Å². The molecule has 1 aromatic rings. The molecule has 0 aromatic heterocycles. The number of hydrogen-bond acceptors (Lipinski definition) is 6. The third kappa shape index (κ3) is 4.08. The first kappa shape index (κ1) is 17.2. The first-order valence-corrected chi connectivity index (χ1v) is 8.22. The number of aliphatic imine (C=N–C) groups is 1. The fourth-order valence-electron chi connectivity index (χ4n) is 2.80. The van der Waals surface area contributed by atoms with Gasteiger partial charge < -0.3 is 19.7 Å². The van der Waals surface area contributed by atoms with Crippen molar-refractivity contribution < 1.29 is 19.1 Å². The van der Waals surface area contributed by atoms with Crippen molar-refractivity contribution in [3.63, 3.8) is 0 Å². The van der Waals surface area contributed by atoms with Gasteiger partial charge in [0.05, 0.1) is 32.4 Å². The topological polar surface area (TPSA) is 92.3 Å². The van der Waals surface area contributed by atoms with Gasteiger partial charge >= 0.3 is 0 Å². The molecule has 0 spiro atoms. The molecule has 8 nitrogen and oxygen atoms in total. The highest BCUT2D eigenvalue weighted by Crippen LogP contribution is 2.25. The Hall–Kier alpha value is -2.61. The summed E-state index contributed by atoms with van der Waals surface area (Å²) in [5, 5.41) is 5.57. The third-order valence-corrected chi connectivity index (χ3v) is 4.13. The number of nitrogens with one attached hydrogen (secondary N) is 2. The molecular weight excluding hydrogens is 324 g/mol. The minimum Gasteiger partial charge on any atom is -0.495 e. The number of aryl methyl sites for hydroxylation is 1. The van der Waals surface area contributed by atoms with Crippen molar-refractivity contribution in [2.24, 2.45) is 4.99 Å². The van der Waals surface area contributed by atoms with Crippen LogP contribution in [0.5, 0.6) is 5.75 Å². The minimum atomic E-state index is -0.767. The summed E-state index contributed by atoms with van der Waals surface area (Å²) in [6.45, 7) is 4.36. The van der Waals surface area contributed by atoms with Crippen LogP contribution in [0.1, 0.15) is 12.0 Å². The van der Waals surface area contributed by atoms with Gasteiger partial charge in [-0.25, -0.2) is 4.99 Å². The summed E-state index contributed by atoms with van der Waals surface area (Å²) in [5.74, 6) is 0.463. The molecular formula is C17H22N4O4. The molecule has 1 atom stereocenters. The van der Waals surface area contributed by atoms with Gasteiger partial charge in [-0.05, 0) is 24.6 Å². The van der Waals surface area contributed by atoms with Crippen LogP contribution in [-0.2, 0) is 14.3 Å². The number of rotatable bonds is 3. The Balaban J connectivity index is 1.76. The molecule has 25 heavy (non-hydrogen) atoms. The van der Waals surface area contributed by atoms with Crippen LogP contribution >= 0.6 is 0 Å². The van der Waals surface area contributed by atoms with Gasteiger partial charge in [0.15, 0.2) is 0 Å². The maximum Gasteiger partial charge on any atom is 0.249 e. The molecule has 1 saturated heterocycles. The van der Waals surface area contributed by atoms with E-state index in [1.54, 1.807) is 13.2 Å². The van der Waals surface area contributed by atoms with Crippen LogP contribution in [0, 0.1) is 6.92 Å². The van der Waals surface area contributed by atoms with Crippen molar-refractivity contribution in [2.75, 3.05) is 38.7 Å². The predicted octanol–water partition coefficient (Wildman–Crippen LogP) is 0.519. The molecule has 0 unspecified atom stereocenters. The van der Waals surface area contributed by atoms with Crippen LogP contribution in [0.15, 0.2) is 23.2 Å². The van der Waals surface area contributed by atoms with E-state index >= 15 is 0 Å². The Labute approximate surface area is 146 Å². The quantitative estimate of drug-likeness (QED) is 0.832. The molecule has 8 heteroatoms. The van der Waals surface area contributed by atoms with E-state index in [0.717, 1.165) is 5.56 Å². The smallest absolute Gasteiger partial charge is 0.249 e. The Kier molecular flexibility index (Phi) is 5.18. The van der Waals surface area contributed by atoms with Gasteiger partial charge in [-0.1, -0.05) is 6.07 Å². The van der Waals surface area contributed by atoms with E-state index in [0.29, 0.717) is 43.7 Å². The molecule has 0 saturated carbocycles. The molecule has 2 N–H and O–H groups in total. The summed E-state index contributed by atoms with van der Waals surface area (Å²) in [5.41, 5.74) is 1.57. The molecule has 3 rings (SSSR count). The Morgan fingerprint density at radius 3 is 2.88 bits per heavy atom. The molecule has 2 aliphatic heterocycles. The number of ether oxygens (including phenoxy) is 2. The number of amides is 2. The Morgan fingerprint density at radius 1 is 1.40 bits per heavy atom. The molecule has 134 valence electrons. The lowest BCUT2D eigenvalue weighted by atomic mass is 10.1. The van der Waals surface area contributed by atoms with Gasteiger partial charge in [-0.15, -0.1) is 0 Å². The summed E-state index contributed by atoms with van der Waals surface area (Å²) in [6, 6.07) is 4.75. The molecule has 1 aromatic carbocycles. The SMILES string of the molecule is COc1ccc(C)cc1NC(=O)[C@H]1CC(=O)NC(N2CCOCC2)=N1. The van der Waals surface area contributed by atoms with Gasteiger partial charge in [0.25, 0.3) is 0 Å². The van der Waals surface area contributed by atoms with E-state index in [4.69, 9.17) is 9.47 Å². The predicted molar refractivity (Wildman–Crippen MR) is 92.7 cm³/mol. The summed E-state index contributed by atoms with van der Waals surface area (Å²) in [4.78, 5) is 31.0. The number of nitrogens with zero attached hydrogens (tertiary/aromatic N) is 2. The van der Waals surface area contributed by atoms with Crippen molar-refractivity contribution in [1.29, 1.82) is 0 Å². The highest BCUT2D eigenvalue weighted by Gasteiger charge is 2.30. The summed E-state index contributed by atoms with van der Waals surface area (Å²) in [6.07, 6.45) is 0.0216. The second-order valence-corrected chi connectivity index (χ2v) is 6.01. The number of anilines is 1. The first-order valence-electron chi connectivity index (χ1n) is 8.22. The Bertz CT molecular complexity index is 698. The monoisotopic (exact) mass is 346 g/mol. The van der Waals surface area contributed by atoms with Crippen LogP contribution < -0.4 is 15.4 Å². The molecule has 1 fully saturated rings. The first-order chi connectivity index (χ1) is 12.1. The van der Waals surface area contributed by atoms with Crippen molar-refractivity contribution in [3.05, 3.63) is 23.8 Å². The highest BCUT2D eigenvalue weighted by molar-refractivity contribution is 6.06. The van der Waals surface area contributed by atoms with Crippen LogP contribution in [0.25, 0.3) is 0 Å². The van der Waals surface area contributed by atoms with Gasteiger partial charge in [-0.2, -0.15) is 0 Å². The van der Waals surface area contributed by atoms with Crippen molar-refractivity contribution in [3.8, 4) is 5.75 Å². The summed E-state index contributed by atoms with van der Waals surface area (Å²) in [7, 11) is 1.54. The normalized spacial score (nSPS) is 20.6. The molecule has 2 amide bonds. The molecule has 2 heterocycles. The highest BCUT2D eigenvalue weighted by atomic mass is 16.5. The number of morpholine rings is 1. The largest absolute Gasteiger partial charge is 0.495 e. The number of benzene rings is 1. The van der Waals surface area contributed by atoms with Crippen LogP contribution in [0.2, 0.25) is 0 Å². The lowest BCUT2D eigenvalue weighted by Crippen LogP contribution is -2.53. The van der Waals surface area contributed by atoms with Crippen molar-refractivity contribution in [1.82, 2.24) is 10.2 Å². The summed E-state index contributed by atoms with van der Waals surface area (Å²) >= 11 is 0. The number of methoxy groups -OCH3 is 1. The minimum absolute atomic E-state index is 0.0216. The third-order valence-electron chi connectivity index (χ3n) is 4.13. The lowest BCUT2D eigenvalue weighted by Gasteiger charge is -2.32. The number of guanidine groups is 1. The fourth-order valence-corrected chi connectivity index (χ4v) is 2.80. The zero-order chi connectivity index (χ0) is 17.8. The standard InChI is InChI=1S/C17H22N4O4/c1-11-3-4-14(24-2)12(9-11)18-16(23)13-10-15(22)20-17(19-13)21-5-7-25-8-6-21/h3-4,9,13H,5-8,10H2,1-2H3,(H,18,23)(H,19,20,22)/t13-/m1/s1. The average molecular weight is 346 g/mol. The van der Waals surface area contributed by atoms with E-state index < -0.39 is 6.04 Å². The zero-order valence-corrected chi connectivity index (χ0v) is 14.4. The van der Waals surface area contributed by atoms with Crippen LogP contribution in [0.3, 0.4) is 0 Å². The molecule has 0 bridgehead atoms. The van der Waals surface area contributed by atoms with Gasteiger partial charge in [0, 0.05) is 13.1 Å². The second-order valence-electron chi connectivity index (χ2n) is 6.01. The molecule has 0 radical (unpaired) electrons. The van der Waals surface area contributed by atoms with E-state index in [-0.39, 0.29) is 18.2 Å². The maximum absolute atomic E-state index is 12.6. The molecule has 0 aliphatic carbocycles. The van der Waals surface area contributed by atoms with E-state index in [1.807, 2.05) is 24.0 Å². The van der Waals surface area contributed by atoms with E-state index in [2.05, 4.69) is 15.6 Å². The number of carbonyl (C=O) groups excluding carboxylic acids is 2. The van der Waals surface area contributed by atoms with Crippen LogP contribution in [0.4, 0.5) is 5.69 Å². The number of hydrogen-bond donors (Lipinski definition) is 2. The average Bonchev–Trinajstić information content (AvgIpc) is 2.62. The number of carbonyl (C=O) groups is 2. The summed E-state index contributed by atoms with van der Waals surface area (Å²) < 4.78 is 10.6. The Morgan fingerprint density at radius 2 is 2.16 bits per heavy atom. The van der Waals surface area contributed by atoms with Gasteiger partial charge in [-0.3, -0.25) is 14.9 Å². The lowest BCUT2D eigenvalue weighted by molar-refractivity contribution is -0.125. The maximum atomic E-state index is 12.6. The van der Waals surface area contributed by atoms with Crippen molar-refractivity contribution in [2.45, 2.75) is 19.4 Å². The fraction of sp³-hybridized carbons (Fsp3) is 0.471. The van der Waals surface area contributed by atoms with Crippen molar-refractivity contribution >= 4 is 23.5 Å². The molecule has 2 aliphatic rings. The van der Waals surface area contributed by atoms with E-state index in [9.17, 15) is 9.59 Å². The van der Waals surface area contributed by atoms with Gasteiger partial charge in [0.2, 0.25) is 17.8 Å².